The van der Waals surface area contributed by atoms with Crippen LogP contribution in [0.1, 0.15) is 22.9 Å². The van der Waals surface area contributed by atoms with E-state index < -0.39 is 0 Å². The summed E-state index contributed by atoms with van der Waals surface area (Å²) in [6.07, 6.45) is -0.309. The van der Waals surface area contributed by atoms with Crippen molar-refractivity contribution in [3.8, 4) is 5.69 Å². The summed E-state index contributed by atoms with van der Waals surface area (Å²) < 4.78 is 2.38. The standard InChI is InChI=1S/C45H30N4/c1-3-11-32-25-36(19-17-29(32)9-1)44-46-43(47-45(48-44)37-20-18-30-10-2-4-12-33(30)26-37)31-21-23-38(24-22-31)49-41-16-8-7-15-39(41)40-27-34-13-5-6-14-35(34)28-42(40)49/h1-28,43H,(H,46,47,48). The van der Waals surface area contributed by atoms with Crippen LogP contribution < -0.4 is 5.32 Å². The number of nitrogens with one attached hydrogen (secondary N) is 1. The Morgan fingerprint density at radius 2 is 1.02 bits per heavy atom. The predicted molar refractivity (Wildman–Crippen MR) is 205 cm³/mol. The molecule has 0 radical (unpaired) electrons. The van der Waals surface area contributed by atoms with Gasteiger partial charge in [-0.3, -0.25) is 0 Å². The lowest BCUT2D eigenvalue weighted by molar-refractivity contribution is 0.674. The van der Waals surface area contributed by atoms with E-state index in [0.717, 1.165) is 34.0 Å². The van der Waals surface area contributed by atoms with Crippen molar-refractivity contribution in [2.45, 2.75) is 6.17 Å². The number of benzene rings is 8. The van der Waals surface area contributed by atoms with Crippen LogP contribution >= 0.6 is 0 Å². The molecule has 0 saturated heterocycles. The summed E-state index contributed by atoms with van der Waals surface area (Å²) in [5.74, 6) is 1.53. The molecule has 1 unspecified atom stereocenters. The molecule has 9 aromatic rings. The molecule has 0 aliphatic carbocycles. The van der Waals surface area contributed by atoms with Crippen LogP contribution in [0.2, 0.25) is 0 Å². The van der Waals surface area contributed by atoms with Gasteiger partial charge in [0.15, 0.2) is 5.84 Å². The van der Waals surface area contributed by atoms with Crippen molar-refractivity contribution in [1.29, 1.82) is 0 Å². The Bertz CT molecular complexity index is 2800. The molecule has 0 spiro atoms. The zero-order chi connectivity index (χ0) is 32.3. The minimum Gasteiger partial charge on any atom is -0.344 e. The van der Waals surface area contributed by atoms with Crippen LogP contribution in [0.3, 0.4) is 0 Å². The molecule has 2 heterocycles. The minimum absolute atomic E-state index is 0.309. The van der Waals surface area contributed by atoms with E-state index in [1.54, 1.807) is 0 Å². The van der Waals surface area contributed by atoms with Gasteiger partial charge in [-0.1, -0.05) is 127 Å². The molecular weight excluding hydrogens is 597 g/mol. The molecule has 1 aliphatic heterocycles. The van der Waals surface area contributed by atoms with Crippen LogP contribution in [-0.2, 0) is 0 Å². The fourth-order valence-corrected chi connectivity index (χ4v) is 7.30. The first-order chi connectivity index (χ1) is 24.2. The van der Waals surface area contributed by atoms with Gasteiger partial charge in [-0.05, 0) is 80.3 Å². The monoisotopic (exact) mass is 626 g/mol. The second-order valence-electron chi connectivity index (χ2n) is 12.7. The Balaban J connectivity index is 1.09. The van der Waals surface area contributed by atoms with E-state index in [9.17, 15) is 0 Å². The van der Waals surface area contributed by atoms with Crippen LogP contribution in [0.4, 0.5) is 0 Å². The lowest BCUT2D eigenvalue weighted by atomic mass is 10.0. The van der Waals surface area contributed by atoms with Crippen molar-refractivity contribution in [1.82, 2.24) is 9.88 Å². The maximum absolute atomic E-state index is 5.20. The normalized spacial score (nSPS) is 14.7. The molecule has 49 heavy (non-hydrogen) atoms. The van der Waals surface area contributed by atoms with E-state index in [0.29, 0.717) is 0 Å². The fourth-order valence-electron chi connectivity index (χ4n) is 7.30. The molecule has 0 amide bonds. The number of rotatable bonds is 4. The van der Waals surface area contributed by atoms with E-state index in [-0.39, 0.29) is 6.17 Å². The summed E-state index contributed by atoms with van der Waals surface area (Å²) in [4.78, 5) is 10.3. The van der Waals surface area contributed by atoms with Gasteiger partial charge in [0.1, 0.15) is 12.0 Å². The highest BCUT2D eigenvalue weighted by atomic mass is 15.2. The summed E-state index contributed by atoms with van der Waals surface area (Å²) in [6, 6.07) is 60.5. The van der Waals surface area contributed by atoms with Crippen LogP contribution in [-0.4, -0.2) is 16.2 Å². The second kappa shape index (κ2) is 11.0. The third-order valence-corrected chi connectivity index (χ3v) is 9.78. The summed E-state index contributed by atoms with van der Waals surface area (Å²) in [5, 5.41) is 13.4. The molecule has 1 aliphatic rings. The summed E-state index contributed by atoms with van der Waals surface area (Å²) >= 11 is 0. The number of hydrogen-bond donors (Lipinski definition) is 1. The molecule has 0 fully saturated rings. The van der Waals surface area contributed by atoms with Gasteiger partial charge >= 0.3 is 0 Å². The van der Waals surface area contributed by atoms with Crippen molar-refractivity contribution in [2.24, 2.45) is 9.98 Å². The van der Waals surface area contributed by atoms with Gasteiger partial charge in [0.2, 0.25) is 0 Å². The van der Waals surface area contributed by atoms with Crippen LogP contribution in [0, 0.1) is 0 Å². The highest BCUT2D eigenvalue weighted by Crippen LogP contribution is 2.35. The third-order valence-electron chi connectivity index (χ3n) is 9.78. The average Bonchev–Trinajstić information content (AvgIpc) is 3.49. The lowest BCUT2D eigenvalue weighted by Gasteiger charge is -2.24. The number of aromatic nitrogens is 1. The van der Waals surface area contributed by atoms with Crippen LogP contribution in [0.15, 0.2) is 180 Å². The Hall–Kier alpha value is -6.52. The molecule has 10 rings (SSSR count). The minimum atomic E-state index is -0.309. The van der Waals surface area contributed by atoms with Gasteiger partial charge < -0.3 is 9.88 Å². The van der Waals surface area contributed by atoms with Crippen molar-refractivity contribution in [3.63, 3.8) is 0 Å². The Morgan fingerprint density at radius 3 is 1.73 bits per heavy atom. The largest absolute Gasteiger partial charge is 0.344 e. The van der Waals surface area contributed by atoms with E-state index in [1.165, 1.54) is 54.1 Å². The quantitative estimate of drug-likeness (QED) is 0.207. The number of nitrogens with zero attached hydrogens (tertiary/aromatic N) is 3. The summed E-state index contributed by atoms with van der Waals surface area (Å²) in [6.45, 7) is 0. The summed E-state index contributed by atoms with van der Waals surface area (Å²) in [7, 11) is 0. The van der Waals surface area contributed by atoms with E-state index in [4.69, 9.17) is 9.98 Å². The number of para-hydroxylation sites is 1. The molecule has 0 saturated carbocycles. The predicted octanol–water partition coefficient (Wildman–Crippen LogP) is 10.7. The molecular formula is C45H30N4. The molecule has 1 atom stereocenters. The Morgan fingerprint density at radius 1 is 0.449 bits per heavy atom. The maximum Gasteiger partial charge on any atom is 0.159 e. The van der Waals surface area contributed by atoms with Crippen molar-refractivity contribution < 1.29 is 0 Å². The van der Waals surface area contributed by atoms with Crippen molar-refractivity contribution >= 4 is 65.8 Å². The SMILES string of the molecule is c1ccc2cc(C3=NC(c4ccc(-n5c6ccccc6c6cc7ccccc7cc65)cc4)NC(c4ccc5ccccc5c4)=N3)ccc2c1. The lowest BCUT2D eigenvalue weighted by Crippen LogP contribution is -2.33. The zero-order valence-electron chi connectivity index (χ0n) is 26.6. The number of aliphatic imine (C=N–C) groups is 2. The highest BCUT2D eigenvalue weighted by Gasteiger charge is 2.22. The van der Waals surface area contributed by atoms with E-state index in [2.05, 4.69) is 180 Å². The van der Waals surface area contributed by atoms with Crippen LogP contribution in [0.5, 0.6) is 0 Å². The van der Waals surface area contributed by atoms with Gasteiger partial charge in [-0.25, -0.2) is 9.98 Å². The first-order valence-corrected chi connectivity index (χ1v) is 16.7. The van der Waals surface area contributed by atoms with Gasteiger partial charge in [-0.15, -0.1) is 0 Å². The van der Waals surface area contributed by atoms with Gasteiger partial charge in [0, 0.05) is 27.6 Å². The maximum atomic E-state index is 5.20. The molecule has 4 heteroatoms. The average molecular weight is 627 g/mol. The molecule has 1 N–H and O–H groups in total. The smallest absolute Gasteiger partial charge is 0.159 e. The number of amidine groups is 2. The topological polar surface area (TPSA) is 41.7 Å². The van der Waals surface area contributed by atoms with Crippen molar-refractivity contribution in [2.75, 3.05) is 0 Å². The van der Waals surface area contributed by atoms with E-state index >= 15 is 0 Å². The fraction of sp³-hybridized carbons (Fsp3) is 0.0222. The number of fused-ring (bicyclic) bond motifs is 6. The molecule has 4 nitrogen and oxygen atoms in total. The molecule has 0 bridgehead atoms. The highest BCUT2D eigenvalue weighted by molar-refractivity contribution is 6.15. The molecule has 1 aromatic heterocycles. The molecule has 230 valence electrons. The molecule has 8 aromatic carbocycles. The first-order valence-electron chi connectivity index (χ1n) is 16.7. The Kier molecular flexibility index (Phi) is 6.21. The third kappa shape index (κ3) is 4.68. The first kappa shape index (κ1) is 27.6. The van der Waals surface area contributed by atoms with E-state index in [1.807, 2.05) is 0 Å². The van der Waals surface area contributed by atoms with Gasteiger partial charge in [-0.2, -0.15) is 0 Å². The zero-order valence-corrected chi connectivity index (χ0v) is 26.6. The van der Waals surface area contributed by atoms with Crippen LogP contribution in [0.25, 0.3) is 59.8 Å². The second-order valence-corrected chi connectivity index (χ2v) is 12.7. The summed E-state index contributed by atoms with van der Waals surface area (Å²) in [5.41, 5.74) is 6.61. The van der Waals surface area contributed by atoms with Gasteiger partial charge in [0.25, 0.3) is 0 Å². The van der Waals surface area contributed by atoms with Gasteiger partial charge in [0.05, 0.1) is 11.0 Å². The number of hydrogen-bond acceptors (Lipinski definition) is 3. The Labute approximate surface area is 283 Å². The van der Waals surface area contributed by atoms with Crippen molar-refractivity contribution in [3.05, 3.63) is 187 Å².